The Morgan fingerprint density at radius 3 is 2.26 bits per heavy atom. The second kappa shape index (κ2) is 9.64. The Bertz CT molecular complexity index is 327. The van der Waals surface area contributed by atoms with E-state index in [1.54, 1.807) is 0 Å². The minimum Gasteiger partial charge on any atom is -0.494 e. The number of aliphatic hydroxyl groups is 1. The van der Waals surface area contributed by atoms with E-state index in [0.717, 1.165) is 24.5 Å². The summed E-state index contributed by atoms with van der Waals surface area (Å²) in [7, 11) is 0. The Kier molecular flexibility index (Phi) is 8.02. The number of rotatable bonds is 10. The summed E-state index contributed by atoms with van der Waals surface area (Å²) >= 11 is 0. The van der Waals surface area contributed by atoms with Crippen LogP contribution in [-0.2, 0) is 0 Å². The highest BCUT2D eigenvalue weighted by Gasteiger charge is 2.08. The molecule has 1 rings (SSSR count). The summed E-state index contributed by atoms with van der Waals surface area (Å²) in [6.45, 7) is 6.43. The average molecular weight is 267 g/mol. The quantitative estimate of drug-likeness (QED) is 0.682. The summed E-state index contributed by atoms with van der Waals surface area (Å²) in [5, 5.41) is 12.4. The zero-order valence-corrected chi connectivity index (χ0v) is 11.9. The Labute approximate surface area is 115 Å². The van der Waals surface area contributed by atoms with Crippen molar-refractivity contribution in [2.75, 3.05) is 26.4 Å². The van der Waals surface area contributed by atoms with Crippen LogP contribution in [0.1, 0.15) is 26.7 Å². The Hall–Kier alpha value is -1.26. The highest BCUT2D eigenvalue weighted by atomic mass is 16.5. The monoisotopic (exact) mass is 267 g/mol. The first kappa shape index (κ1) is 15.8. The van der Waals surface area contributed by atoms with Crippen molar-refractivity contribution in [1.82, 2.24) is 5.32 Å². The lowest BCUT2D eigenvalue weighted by molar-refractivity contribution is 0.213. The fraction of sp³-hybridized carbons (Fsp3) is 0.600. The molecule has 0 aliphatic rings. The van der Waals surface area contributed by atoms with Crippen LogP contribution in [0, 0.1) is 0 Å². The molecule has 0 spiro atoms. The van der Waals surface area contributed by atoms with Crippen LogP contribution in [0.25, 0.3) is 0 Å². The van der Waals surface area contributed by atoms with Crippen LogP contribution in [0.15, 0.2) is 24.3 Å². The van der Waals surface area contributed by atoms with Crippen LogP contribution in [0.5, 0.6) is 11.5 Å². The molecule has 1 unspecified atom stereocenters. The fourth-order valence-electron chi connectivity index (χ4n) is 1.74. The average Bonchev–Trinajstić information content (AvgIpc) is 2.44. The molecule has 0 heterocycles. The third-order valence-electron chi connectivity index (χ3n) is 2.75. The van der Waals surface area contributed by atoms with E-state index in [4.69, 9.17) is 14.6 Å². The second-order valence-corrected chi connectivity index (χ2v) is 4.38. The first-order chi connectivity index (χ1) is 9.30. The van der Waals surface area contributed by atoms with Crippen molar-refractivity contribution >= 4 is 0 Å². The molecule has 2 N–H and O–H groups in total. The highest BCUT2D eigenvalue weighted by molar-refractivity contribution is 5.31. The van der Waals surface area contributed by atoms with Gasteiger partial charge in [0.25, 0.3) is 0 Å². The molecule has 4 heteroatoms. The van der Waals surface area contributed by atoms with Crippen molar-refractivity contribution in [1.29, 1.82) is 0 Å². The van der Waals surface area contributed by atoms with Gasteiger partial charge >= 0.3 is 0 Å². The number of nitrogens with one attached hydrogen (secondary N) is 1. The van der Waals surface area contributed by atoms with E-state index < -0.39 is 0 Å². The third-order valence-corrected chi connectivity index (χ3v) is 2.75. The summed E-state index contributed by atoms with van der Waals surface area (Å²) in [5.74, 6) is 1.68. The van der Waals surface area contributed by atoms with E-state index in [0.29, 0.717) is 19.6 Å². The van der Waals surface area contributed by atoms with Gasteiger partial charge in [0.2, 0.25) is 0 Å². The number of benzene rings is 1. The number of aliphatic hydroxyl groups excluding tert-OH is 1. The molecule has 0 amide bonds. The van der Waals surface area contributed by atoms with E-state index in [1.807, 2.05) is 31.2 Å². The van der Waals surface area contributed by atoms with E-state index in [2.05, 4.69) is 12.2 Å². The van der Waals surface area contributed by atoms with Gasteiger partial charge in [0, 0.05) is 12.6 Å². The number of hydrogen-bond acceptors (Lipinski definition) is 4. The maximum Gasteiger partial charge on any atom is 0.119 e. The lowest BCUT2D eigenvalue weighted by atomic mass is 10.2. The molecule has 1 aromatic rings. The van der Waals surface area contributed by atoms with E-state index >= 15 is 0 Å². The van der Waals surface area contributed by atoms with Gasteiger partial charge in [-0.05, 0) is 50.6 Å². The number of ether oxygens (including phenoxy) is 2. The van der Waals surface area contributed by atoms with Gasteiger partial charge in [-0.3, -0.25) is 0 Å². The smallest absolute Gasteiger partial charge is 0.119 e. The zero-order valence-electron chi connectivity index (χ0n) is 11.9. The van der Waals surface area contributed by atoms with E-state index in [1.165, 1.54) is 0 Å². The maximum absolute atomic E-state index is 9.02. The van der Waals surface area contributed by atoms with Crippen molar-refractivity contribution in [2.24, 2.45) is 0 Å². The molecule has 0 radical (unpaired) electrons. The van der Waals surface area contributed by atoms with Gasteiger partial charge in [0.05, 0.1) is 6.61 Å². The van der Waals surface area contributed by atoms with Crippen LogP contribution in [-0.4, -0.2) is 37.5 Å². The predicted molar refractivity (Wildman–Crippen MR) is 76.9 cm³/mol. The van der Waals surface area contributed by atoms with Crippen LogP contribution in [0.4, 0.5) is 0 Å². The first-order valence-electron chi connectivity index (χ1n) is 7.00. The molecular formula is C15H25NO3. The fourth-order valence-corrected chi connectivity index (χ4v) is 1.74. The summed E-state index contributed by atoms with van der Waals surface area (Å²) in [6, 6.07) is 7.80. The van der Waals surface area contributed by atoms with E-state index in [-0.39, 0.29) is 12.6 Å². The van der Waals surface area contributed by atoms with Crippen LogP contribution < -0.4 is 14.8 Å². The standard InChI is InChI=1S/C15H25NO3/c1-3-10-16-13(9-11-17)12-19-15-7-5-14(6-8-15)18-4-2/h5-8,13,16-17H,3-4,9-12H2,1-2H3. The van der Waals surface area contributed by atoms with Crippen molar-refractivity contribution in [2.45, 2.75) is 32.7 Å². The Balaban J connectivity index is 2.39. The molecule has 0 fully saturated rings. The molecule has 108 valence electrons. The normalized spacial score (nSPS) is 12.2. The summed E-state index contributed by atoms with van der Waals surface area (Å²) in [4.78, 5) is 0. The Morgan fingerprint density at radius 2 is 1.74 bits per heavy atom. The molecule has 19 heavy (non-hydrogen) atoms. The van der Waals surface area contributed by atoms with Gasteiger partial charge in [-0.15, -0.1) is 0 Å². The van der Waals surface area contributed by atoms with Crippen LogP contribution in [0.3, 0.4) is 0 Å². The molecule has 4 nitrogen and oxygen atoms in total. The van der Waals surface area contributed by atoms with Gasteiger partial charge in [0.15, 0.2) is 0 Å². The topological polar surface area (TPSA) is 50.7 Å². The molecule has 0 aliphatic carbocycles. The SMILES string of the molecule is CCCNC(CCO)COc1ccc(OCC)cc1. The first-order valence-corrected chi connectivity index (χ1v) is 7.00. The summed E-state index contributed by atoms with van der Waals surface area (Å²) < 4.78 is 11.1. The van der Waals surface area contributed by atoms with Crippen LogP contribution >= 0.6 is 0 Å². The van der Waals surface area contributed by atoms with Crippen LogP contribution in [0.2, 0.25) is 0 Å². The van der Waals surface area contributed by atoms with Gasteiger partial charge in [-0.25, -0.2) is 0 Å². The Morgan fingerprint density at radius 1 is 1.11 bits per heavy atom. The van der Waals surface area contributed by atoms with Crippen molar-refractivity contribution < 1.29 is 14.6 Å². The summed E-state index contributed by atoms with van der Waals surface area (Å²) in [5.41, 5.74) is 0. The van der Waals surface area contributed by atoms with Gasteiger partial charge in [-0.2, -0.15) is 0 Å². The minimum absolute atomic E-state index is 0.175. The second-order valence-electron chi connectivity index (χ2n) is 4.38. The van der Waals surface area contributed by atoms with Gasteiger partial charge in [0.1, 0.15) is 18.1 Å². The molecule has 0 saturated heterocycles. The van der Waals surface area contributed by atoms with Crippen molar-refractivity contribution in [3.63, 3.8) is 0 Å². The van der Waals surface area contributed by atoms with Crippen molar-refractivity contribution in [3.8, 4) is 11.5 Å². The maximum atomic E-state index is 9.02. The molecular weight excluding hydrogens is 242 g/mol. The molecule has 0 bridgehead atoms. The molecule has 0 aliphatic heterocycles. The summed E-state index contributed by atoms with van der Waals surface area (Å²) in [6.07, 6.45) is 1.78. The molecule has 0 saturated carbocycles. The van der Waals surface area contributed by atoms with Crippen molar-refractivity contribution in [3.05, 3.63) is 24.3 Å². The molecule has 0 aromatic heterocycles. The van der Waals surface area contributed by atoms with Gasteiger partial charge < -0.3 is 19.9 Å². The zero-order chi connectivity index (χ0) is 13.9. The number of hydrogen-bond donors (Lipinski definition) is 2. The predicted octanol–water partition coefficient (Wildman–Crippen LogP) is 2.21. The largest absolute Gasteiger partial charge is 0.494 e. The third kappa shape index (κ3) is 6.45. The van der Waals surface area contributed by atoms with E-state index in [9.17, 15) is 0 Å². The van der Waals surface area contributed by atoms with Gasteiger partial charge in [-0.1, -0.05) is 6.92 Å². The lowest BCUT2D eigenvalue weighted by Crippen LogP contribution is -2.36. The molecule has 1 atom stereocenters. The lowest BCUT2D eigenvalue weighted by Gasteiger charge is -2.18. The minimum atomic E-state index is 0.175. The molecule has 1 aromatic carbocycles. The highest BCUT2D eigenvalue weighted by Crippen LogP contribution is 2.17.